The summed E-state index contributed by atoms with van der Waals surface area (Å²) >= 11 is 1.39. The van der Waals surface area contributed by atoms with E-state index in [2.05, 4.69) is 41.1 Å². The molecular formula is C24H21N3O2S. The fourth-order valence-electron chi connectivity index (χ4n) is 2.70. The summed E-state index contributed by atoms with van der Waals surface area (Å²) in [7, 11) is 0. The van der Waals surface area contributed by atoms with Gasteiger partial charge in [-0.2, -0.15) is 5.26 Å². The van der Waals surface area contributed by atoms with Gasteiger partial charge in [-0.1, -0.05) is 60.7 Å². The van der Waals surface area contributed by atoms with Gasteiger partial charge in [0.25, 0.3) is 5.91 Å². The Bertz CT molecular complexity index is 1110. The maximum atomic E-state index is 12.6. The van der Waals surface area contributed by atoms with Crippen LogP contribution in [0.3, 0.4) is 0 Å². The molecule has 3 rings (SSSR count). The number of amides is 1. The minimum absolute atomic E-state index is 0.0278. The number of rotatable bonds is 8. The number of nitrogens with zero attached hydrogens (tertiary/aromatic N) is 2. The minimum atomic E-state index is -0.507. The van der Waals surface area contributed by atoms with Crippen molar-refractivity contribution in [2.24, 2.45) is 0 Å². The van der Waals surface area contributed by atoms with Crippen LogP contribution in [-0.2, 0) is 11.2 Å². The molecule has 1 amide bonds. The summed E-state index contributed by atoms with van der Waals surface area (Å²) in [4.78, 5) is 17.9. The molecule has 1 aromatic heterocycles. The number of para-hydroxylation sites is 1. The van der Waals surface area contributed by atoms with Crippen LogP contribution in [0.5, 0.6) is 5.75 Å². The molecule has 0 unspecified atom stereocenters. The summed E-state index contributed by atoms with van der Waals surface area (Å²) in [6.45, 7) is 6.01. The third kappa shape index (κ3) is 5.66. The van der Waals surface area contributed by atoms with E-state index in [9.17, 15) is 10.1 Å². The Morgan fingerprint density at radius 3 is 2.77 bits per heavy atom. The summed E-state index contributed by atoms with van der Waals surface area (Å²) in [5, 5.41) is 12.6. The van der Waals surface area contributed by atoms with Crippen LogP contribution < -0.4 is 10.1 Å². The number of anilines is 1. The van der Waals surface area contributed by atoms with Crippen molar-refractivity contribution in [2.45, 2.75) is 13.3 Å². The van der Waals surface area contributed by atoms with Gasteiger partial charge in [0.15, 0.2) is 5.13 Å². The Hall–Kier alpha value is -3.69. The maximum Gasteiger partial charge on any atom is 0.268 e. The lowest BCUT2D eigenvalue weighted by molar-refractivity contribution is -0.112. The van der Waals surface area contributed by atoms with E-state index in [1.54, 1.807) is 24.4 Å². The summed E-state index contributed by atoms with van der Waals surface area (Å²) in [6, 6.07) is 17.5. The van der Waals surface area contributed by atoms with Crippen LogP contribution in [0.1, 0.15) is 21.6 Å². The normalized spacial score (nSPS) is 10.9. The molecular weight excluding hydrogens is 394 g/mol. The molecule has 0 spiro atoms. The Kier molecular flexibility index (Phi) is 7.14. The predicted octanol–water partition coefficient (Wildman–Crippen LogP) is 5.15. The Labute approximate surface area is 180 Å². The lowest BCUT2D eigenvalue weighted by Gasteiger charge is -2.07. The summed E-state index contributed by atoms with van der Waals surface area (Å²) in [6.07, 6.45) is 5.63. The van der Waals surface area contributed by atoms with Crippen LogP contribution in [0.15, 0.2) is 73.0 Å². The second-order valence-electron chi connectivity index (χ2n) is 6.56. The first-order valence-corrected chi connectivity index (χ1v) is 10.2. The fourth-order valence-corrected chi connectivity index (χ4v) is 3.54. The van der Waals surface area contributed by atoms with Crippen molar-refractivity contribution in [3.63, 3.8) is 0 Å². The van der Waals surface area contributed by atoms with E-state index in [1.165, 1.54) is 28.5 Å². The first-order valence-electron chi connectivity index (χ1n) is 9.35. The highest BCUT2D eigenvalue weighted by Crippen LogP contribution is 2.24. The first-order chi connectivity index (χ1) is 14.6. The van der Waals surface area contributed by atoms with Crippen LogP contribution >= 0.6 is 11.3 Å². The highest BCUT2D eigenvalue weighted by atomic mass is 32.1. The number of carbonyl (C=O) groups is 1. The van der Waals surface area contributed by atoms with Crippen molar-refractivity contribution in [3.8, 4) is 11.8 Å². The van der Waals surface area contributed by atoms with E-state index < -0.39 is 5.91 Å². The topological polar surface area (TPSA) is 75.0 Å². The highest BCUT2D eigenvalue weighted by Gasteiger charge is 2.13. The van der Waals surface area contributed by atoms with E-state index in [-0.39, 0.29) is 5.57 Å². The van der Waals surface area contributed by atoms with Crippen LogP contribution in [-0.4, -0.2) is 17.5 Å². The first kappa shape index (κ1) is 21.0. The average molecular weight is 416 g/mol. The molecule has 3 aromatic rings. The molecule has 0 aliphatic carbocycles. The summed E-state index contributed by atoms with van der Waals surface area (Å²) < 4.78 is 5.58. The number of nitrogens with one attached hydrogen (secondary N) is 1. The number of thiazole rings is 1. The van der Waals surface area contributed by atoms with E-state index in [0.29, 0.717) is 23.1 Å². The molecule has 0 aliphatic heterocycles. The quantitative estimate of drug-likeness (QED) is 0.313. The molecule has 0 saturated carbocycles. The number of aromatic nitrogens is 1. The number of nitriles is 1. The molecule has 1 N–H and O–H groups in total. The molecule has 0 saturated heterocycles. The van der Waals surface area contributed by atoms with E-state index >= 15 is 0 Å². The zero-order valence-corrected chi connectivity index (χ0v) is 17.4. The van der Waals surface area contributed by atoms with Gasteiger partial charge in [-0.25, -0.2) is 4.98 Å². The SMILES string of the molecule is C=CCOc1ccccc1/C=C(\C#N)C(=O)Nc1ncc(Cc2ccc(C)cc2)s1. The van der Waals surface area contributed by atoms with Crippen LogP contribution in [0, 0.1) is 18.3 Å². The number of aryl methyl sites for hydroxylation is 1. The van der Waals surface area contributed by atoms with Gasteiger partial charge in [-0.3, -0.25) is 10.1 Å². The molecule has 0 bridgehead atoms. The Balaban J connectivity index is 1.71. The van der Waals surface area contributed by atoms with Crippen molar-refractivity contribution in [2.75, 3.05) is 11.9 Å². The van der Waals surface area contributed by atoms with Crippen molar-refractivity contribution in [1.29, 1.82) is 5.26 Å². The van der Waals surface area contributed by atoms with Gasteiger partial charge < -0.3 is 4.74 Å². The van der Waals surface area contributed by atoms with Crippen molar-refractivity contribution < 1.29 is 9.53 Å². The second-order valence-corrected chi connectivity index (χ2v) is 7.67. The van der Waals surface area contributed by atoms with E-state index in [1.807, 2.05) is 25.1 Å². The Morgan fingerprint density at radius 1 is 1.27 bits per heavy atom. The molecule has 1 heterocycles. The fraction of sp³-hybridized carbons (Fsp3) is 0.125. The standard InChI is InChI=1S/C24H21N3O2S/c1-3-12-29-22-7-5-4-6-19(22)14-20(15-25)23(28)27-24-26-16-21(30-24)13-18-10-8-17(2)9-11-18/h3-11,14,16H,1,12-13H2,2H3,(H,26,27,28)/b20-14+. The Morgan fingerprint density at radius 2 is 2.03 bits per heavy atom. The van der Waals surface area contributed by atoms with Crippen LogP contribution in [0.2, 0.25) is 0 Å². The number of carbonyl (C=O) groups excluding carboxylic acids is 1. The monoisotopic (exact) mass is 415 g/mol. The predicted molar refractivity (Wildman–Crippen MR) is 120 cm³/mol. The van der Waals surface area contributed by atoms with Gasteiger partial charge in [-0.15, -0.1) is 11.3 Å². The highest BCUT2D eigenvalue weighted by molar-refractivity contribution is 7.15. The number of hydrogen-bond acceptors (Lipinski definition) is 5. The van der Waals surface area contributed by atoms with Crippen LogP contribution in [0.4, 0.5) is 5.13 Å². The molecule has 150 valence electrons. The minimum Gasteiger partial charge on any atom is -0.489 e. The molecule has 6 heteroatoms. The van der Waals surface area contributed by atoms with Gasteiger partial charge >= 0.3 is 0 Å². The number of ether oxygens (including phenoxy) is 1. The third-order valence-corrected chi connectivity index (χ3v) is 5.13. The maximum absolute atomic E-state index is 12.6. The number of hydrogen-bond donors (Lipinski definition) is 1. The molecule has 0 radical (unpaired) electrons. The lowest BCUT2D eigenvalue weighted by Crippen LogP contribution is -2.13. The molecule has 30 heavy (non-hydrogen) atoms. The van der Waals surface area contributed by atoms with Crippen LogP contribution in [0.25, 0.3) is 6.08 Å². The largest absolute Gasteiger partial charge is 0.489 e. The second kappa shape index (κ2) is 10.2. The van der Waals surface area contributed by atoms with Crippen molar-refractivity contribution in [1.82, 2.24) is 4.98 Å². The van der Waals surface area contributed by atoms with Gasteiger partial charge in [0.2, 0.25) is 0 Å². The van der Waals surface area contributed by atoms with Gasteiger partial charge in [0.05, 0.1) is 0 Å². The average Bonchev–Trinajstić information content (AvgIpc) is 3.19. The molecule has 2 aromatic carbocycles. The van der Waals surface area contributed by atoms with E-state index in [4.69, 9.17) is 4.74 Å². The number of benzene rings is 2. The lowest BCUT2D eigenvalue weighted by atomic mass is 10.1. The molecule has 0 aliphatic rings. The summed E-state index contributed by atoms with van der Waals surface area (Å²) in [5.74, 6) is 0.0693. The smallest absolute Gasteiger partial charge is 0.268 e. The van der Waals surface area contributed by atoms with Gasteiger partial charge in [0.1, 0.15) is 24.0 Å². The zero-order valence-electron chi connectivity index (χ0n) is 16.6. The molecule has 5 nitrogen and oxygen atoms in total. The third-order valence-electron chi connectivity index (χ3n) is 4.21. The van der Waals surface area contributed by atoms with Gasteiger partial charge in [0, 0.05) is 23.1 Å². The zero-order chi connectivity index (χ0) is 21.3. The van der Waals surface area contributed by atoms with E-state index in [0.717, 1.165) is 11.3 Å². The summed E-state index contributed by atoms with van der Waals surface area (Å²) in [5.41, 5.74) is 3.00. The van der Waals surface area contributed by atoms with Crippen molar-refractivity contribution >= 4 is 28.5 Å². The van der Waals surface area contributed by atoms with Crippen molar-refractivity contribution in [3.05, 3.63) is 94.5 Å². The molecule has 0 fully saturated rings. The molecule has 0 atom stereocenters. The van der Waals surface area contributed by atoms with Gasteiger partial charge in [-0.05, 0) is 24.6 Å².